The number of carbonyl (C=O) groups excluding carboxylic acids is 1. The van der Waals surface area contributed by atoms with Gasteiger partial charge >= 0.3 is 11.7 Å². The first-order chi connectivity index (χ1) is 10.7. The standard InChI is InChI=1S/C15H13N3O3S/c1-2-21-12(19)9-22-14-11(8-16)13(17-15(20)18-14)10-6-4-3-5-7-10/h3-7H,2,9H2,1H3,(H,17,18,20). The molecule has 0 bridgehead atoms. The molecule has 0 aliphatic rings. The number of hydrogen-bond acceptors (Lipinski definition) is 6. The molecular formula is C15H13N3O3S. The summed E-state index contributed by atoms with van der Waals surface area (Å²) in [7, 11) is 0. The van der Waals surface area contributed by atoms with E-state index in [4.69, 9.17) is 4.74 Å². The highest BCUT2D eigenvalue weighted by molar-refractivity contribution is 7.99. The predicted octanol–water partition coefficient (Wildman–Crippen LogP) is 1.96. The van der Waals surface area contributed by atoms with Gasteiger partial charge in [0.15, 0.2) is 0 Å². The van der Waals surface area contributed by atoms with Gasteiger partial charge < -0.3 is 9.72 Å². The smallest absolute Gasteiger partial charge is 0.346 e. The molecule has 6 nitrogen and oxygen atoms in total. The second kappa shape index (κ2) is 7.43. The highest BCUT2D eigenvalue weighted by Gasteiger charge is 2.15. The Balaban J connectivity index is 2.39. The fraction of sp³-hybridized carbons (Fsp3) is 0.200. The first-order valence-corrected chi connectivity index (χ1v) is 7.52. The van der Waals surface area contributed by atoms with Crippen molar-refractivity contribution in [1.29, 1.82) is 5.26 Å². The van der Waals surface area contributed by atoms with Gasteiger partial charge in [-0.3, -0.25) is 4.79 Å². The Morgan fingerprint density at radius 2 is 2.14 bits per heavy atom. The number of nitriles is 1. The van der Waals surface area contributed by atoms with Crippen LogP contribution >= 0.6 is 11.8 Å². The number of ether oxygens (including phenoxy) is 1. The quantitative estimate of drug-likeness (QED) is 0.515. The molecule has 0 saturated heterocycles. The molecule has 0 spiro atoms. The van der Waals surface area contributed by atoms with Gasteiger partial charge in [0.2, 0.25) is 0 Å². The number of nitrogens with zero attached hydrogens (tertiary/aromatic N) is 2. The third-order valence-corrected chi connectivity index (χ3v) is 3.65. The van der Waals surface area contributed by atoms with Crippen molar-refractivity contribution in [1.82, 2.24) is 9.97 Å². The molecule has 1 heterocycles. The molecule has 0 aliphatic carbocycles. The lowest BCUT2D eigenvalue weighted by Gasteiger charge is -2.08. The van der Waals surface area contributed by atoms with Gasteiger partial charge in [0.05, 0.1) is 18.1 Å². The van der Waals surface area contributed by atoms with Crippen LogP contribution in [0.15, 0.2) is 40.2 Å². The number of nitrogens with one attached hydrogen (secondary N) is 1. The van der Waals surface area contributed by atoms with Crippen LogP contribution in [0, 0.1) is 11.3 Å². The Hall–Kier alpha value is -2.59. The lowest BCUT2D eigenvalue weighted by Crippen LogP contribution is -2.15. The molecule has 0 unspecified atom stereocenters. The topological polar surface area (TPSA) is 95.8 Å². The minimum atomic E-state index is -0.566. The maximum atomic E-state index is 11.7. The number of aromatic nitrogens is 2. The third kappa shape index (κ3) is 3.74. The first-order valence-electron chi connectivity index (χ1n) is 6.54. The summed E-state index contributed by atoms with van der Waals surface area (Å²) in [4.78, 5) is 29.5. The van der Waals surface area contributed by atoms with Crippen molar-refractivity contribution in [2.24, 2.45) is 0 Å². The van der Waals surface area contributed by atoms with E-state index in [0.717, 1.165) is 11.8 Å². The van der Waals surface area contributed by atoms with Crippen molar-refractivity contribution in [2.75, 3.05) is 12.4 Å². The molecule has 1 aromatic heterocycles. The number of hydrogen-bond donors (Lipinski definition) is 1. The fourth-order valence-electron chi connectivity index (χ4n) is 1.81. The lowest BCUT2D eigenvalue weighted by molar-refractivity contribution is -0.139. The van der Waals surface area contributed by atoms with E-state index in [9.17, 15) is 14.9 Å². The Morgan fingerprint density at radius 1 is 1.41 bits per heavy atom. The molecule has 0 amide bonds. The molecule has 0 aliphatic heterocycles. The van der Waals surface area contributed by atoms with Gasteiger partial charge in [0.25, 0.3) is 0 Å². The normalized spacial score (nSPS) is 10.0. The average Bonchev–Trinajstić information content (AvgIpc) is 2.53. The first kappa shape index (κ1) is 15.8. The Labute approximate surface area is 131 Å². The van der Waals surface area contributed by atoms with Crippen LogP contribution in [0.1, 0.15) is 12.5 Å². The molecule has 0 radical (unpaired) electrons. The maximum Gasteiger partial charge on any atom is 0.346 e. The summed E-state index contributed by atoms with van der Waals surface area (Å²) in [5.41, 5.74) is 0.773. The van der Waals surface area contributed by atoms with Crippen LogP contribution in [0.3, 0.4) is 0 Å². The van der Waals surface area contributed by atoms with Crippen LogP contribution < -0.4 is 5.69 Å². The second-order valence-corrected chi connectivity index (χ2v) is 5.13. The van der Waals surface area contributed by atoms with Crippen LogP contribution in [0.4, 0.5) is 0 Å². The van der Waals surface area contributed by atoms with Crippen molar-refractivity contribution >= 4 is 17.7 Å². The summed E-state index contributed by atoms with van der Waals surface area (Å²) < 4.78 is 4.83. The number of benzene rings is 1. The number of carbonyl (C=O) groups is 1. The number of H-pyrrole nitrogens is 1. The molecule has 7 heteroatoms. The SMILES string of the molecule is CCOC(=O)CSc1nc(=O)[nH]c(-c2ccccc2)c1C#N. The van der Waals surface area contributed by atoms with E-state index in [-0.39, 0.29) is 22.9 Å². The van der Waals surface area contributed by atoms with E-state index in [0.29, 0.717) is 11.3 Å². The van der Waals surface area contributed by atoms with E-state index >= 15 is 0 Å². The lowest BCUT2D eigenvalue weighted by atomic mass is 10.1. The zero-order chi connectivity index (χ0) is 15.9. The Morgan fingerprint density at radius 3 is 2.77 bits per heavy atom. The van der Waals surface area contributed by atoms with Crippen LogP contribution in [0.25, 0.3) is 11.3 Å². The van der Waals surface area contributed by atoms with E-state index in [1.54, 1.807) is 31.2 Å². The van der Waals surface area contributed by atoms with Gasteiger partial charge in [-0.25, -0.2) is 4.79 Å². The largest absolute Gasteiger partial charge is 0.465 e. The number of rotatable bonds is 5. The highest BCUT2D eigenvalue weighted by atomic mass is 32.2. The minimum absolute atomic E-state index is 0.00674. The fourth-order valence-corrected chi connectivity index (χ4v) is 2.59. The minimum Gasteiger partial charge on any atom is -0.465 e. The van der Waals surface area contributed by atoms with E-state index in [1.807, 2.05) is 12.1 Å². The summed E-state index contributed by atoms with van der Waals surface area (Å²) in [5, 5.41) is 9.60. The molecule has 0 atom stereocenters. The maximum absolute atomic E-state index is 11.7. The van der Waals surface area contributed by atoms with Gasteiger partial charge in [0.1, 0.15) is 16.7 Å². The second-order valence-electron chi connectivity index (χ2n) is 4.17. The summed E-state index contributed by atoms with van der Waals surface area (Å²) in [6, 6.07) is 11.1. The highest BCUT2D eigenvalue weighted by Crippen LogP contribution is 2.26. The van der Waals surface area contributed by atoms with Crippen LogP contribution in [-0.2, 0) is 9.53 Å². The number of aromatic amines is 1. The predicted molar refractivity (Wildman–Crippen MR) is 82.4 cm³/mol. The molecule has 0 fully saturated rings. The van der Waals surface area contributed by atoms with E-state index in [2.05, 4.69) is 9.97 Å². The van der Waals surface area contributed by atoms with Crippen molar-refractivity contribution in [2.45, 2.75) is 11.9 Å². The van der Waals surface area contributed by atoms with Gasteiger partial charge in [-0.2, -0.15) is 10.2 Å². The van der Waals surface area contributed by atoms with Crippen LogP contribution in [-0.4, -0.2) is 28.3 Å². The average molecular weight is 315 g/mol. The molecule has 0 saturated carbocycles. The zero-order valence-corrected chi connectivity index (χ0v) is 12.6. The van der Waals surface area contributed by atoms with Crippen molar-refractivity contribution in [3.8, 4) is 17.3 Å². The van der Waals surface area contributed by atoms with Gasteiger partial charge in [-0.15, -0.1) is 0 Å². The Kier molecular flexibility index (Phi) is 5.33. The molecular weight excluding hydrogens is 302 g/mol. The molecule has 2 rings (SSSR count). The van der Waals surface area contributed by atoms with Gasteiger partial charge in [-0.05, 0) is 12.5 Å². The monoisotopic (exact) mass is 315 g/mol. The molecule has 2 aromatic rings. The summed E-state index contributed by atoms with van der Waals surface area (Å²) in [6.45, 7) is 1.99. The summed E-state index contributed by atoms with van der Waals surface area (Å²) in [5.74, 6) is -0.424. The van der Waals surface area contributed by atoms with E-state index < -0.39 is 11.7 Å². The number of thioether (sulfide) groups is 1. The molecule has 1 aromatic carbocycles. The Bertz CT molecular complexity index is 766. The molecule has 112 valence electrons. The summed E-state index contributed by atoms with van der Waals surface area (Å²) in [6.07, 6.45) is 0. The van der Waals surface area contributed by atoms with Gasteiger partial charge in [-0.1, -0.05) is 42.1 Å². The van der Waals surface area contributed by atoms with Crippen molar-refractivity contribution in [3.63, 3.8) is 0 Å². The van der Waals surface area contributed by atoms with Crippen LogP contribution in [0.5, 0.6) is 0 Å². The summed E-state index contributed by atoms with van der Waals surface area (Å²) >= 11 is 1.01. The van der Waals surface area contributed by atoms with Gasteiger partial charge in [0, 0.05) is 0 Å². The molecule has 1 N–H and O–H groups in total. The zero-order valence-electron chi connectivity index (χ0n) is 11.8. The molecule has 22 heavy (non-hydrogen) atoms. The van der Waals surface area contributed by atoms with Crippen LogP contribution in [0.2, 0.25) is 0 Å². The van der Waals surface area contributed by atoms with Crippen molar-refractivity contribution in [3.05, 3.63) is 46.4 Å². The third-order valence-electron chi connectivity index (χ3n) is 2.71. The van der Waals surface area contributed by atoms with E-state index in [1.165, 1.54) is 0 Å². The van der Waals surface area contributed by atoms with Crippen molar-refractivity contribution < 1.29 is 9.53 Å². The number of esters is 1.